The summed E-state index contributed by atoms with van der Waals surface area (Å²) in [5.41, 5.74) is 7.04. The van der Waals surface area contributed by atoms with E-state index in [4.69, 9.17) is 16.3 Å². The molecule has 1 atom stereocenters. The molecule has 2 aromatic heterocycles. The summed E-state index contributed by atoms with van der Waals surface area (Å²) in [6.45, 7) is 7.98. The Balaban J connectivity index is 1.15. The molecule has 2 aliphatic rings. The minimum atomic E-state index is -0.298. The number of piperidine rings is 1. The van der Waals surface area contributed by atoms with E-state index in [1.54, 1.807) is 32.5 Å². The third-order valence-corrected chi connectivity index (χ3v) is 9.94. The number of methoxy groups -OCH3 is 1. The number of nitrogens with one attached hydrogen (secondary N) is 2. The first-order valence-corrected chi connectivity index (χ1v) is 17.1. The summed E-state index contributed by atoms with van der Waals surface area (Å²) in [5.74, 6) is 0.577. The van der Waals surface area contributed by atoms with Crippen LogP contribution in [0, 0.1) is 6.92 Å². The van der Waals surface area contributed by atoms with Crippen molar-refractivity contribution in [3.63, 3.8) is 0 Å². The van der Waals surface area contributed by atoms with Gasteiger partial charge in [-0.25, -0.2) is 0 Å². The fraction of sp³-hybridized carbons (Fsp3) is 0.368. The van der Waals surface area contributed by atoms with Crippen LogP contribution in [0.25, 0.3) is 22.4 Å². The van der Waals surface area contributed by atoms with Crippen LogP contribution < -0.4 is 15.4 Å². The van der Waals surface area contributed by atoms with E-state index in [1.807, 2.05) is 60.4 Å². The minimum Gasteiger partial charge on any atom is -0.496 e. The Hall–Kier alpha value is -4.35. The zero-order valence-electron chi connectivity index (χ0n) is 28.2. The lowest BCUT2D eigenvalue weighted by Gasteiger charge is -2.32. The molecule has 256 valence electrons. The molecular weight excluding hydrogens is 640 g/mol. The average molecular weight is 683 g/mol. The van der Waals surface area contributed by atoms with E-state index < -0.39 is 0 Å². The number of pyridine rings is 2. The Bertz CT molecular complexity index is 1810. The van der Waals surface area contributed by atoms with E-state index in [0.29, 0.717) is 47.8 Å². The van der Waals surface area contributed by atoms with Crippen molar-refractivity contribution in [1.29, 1.82) is 0 Å². The smallest absolute Gasteiger partial charge is 0.274 e. The number of rotatable bonds is 10. The molecule has 0 bridgehead atoms. The van der Waals surface area contributed by atoms with E-state index in [1.165, 1.54) is 0 Å². The number of aliphatic hydroxyl groups is 1. The predicted molar refractivity (Wildman–Crippen MR) is 192 cm³/mol. The van der Waals surface area contributed by atoms with Crippen LogP contribution in [0.15, 0.2) is 67.0 Å². The lowest BCUT2D eigenvalue weighted by molar-refractivity contribution is -0.129. The van der Waals surface area contributed by atoms with Crippen molar-refractivity contribution in [2.24, 2.45) is 0 Å². The highest BCUT2D eigenvalue weighted by molar-refractivity contribution is 6.35. The summed E-state index contributed by atoms with van der Waals surface area (Å²) in [5, 5.41) is 16.9. The highest BCUT2D eigenvalue weighted by Gasteiger charge is 2.22. The van der Waals surface area contributed by atoms with Gasteiger partial charge in [0.05, 0.1) is 23.9 Å². The molecule has 0 saturated carbocycles. The van der Waals surface area contributed by atoms with Gasteiger partial charge in [-0.3, -0.25) is 24.5 Å². The molecule has 0 spiro atoms. The number of ether oxygens (including phenoxy) is 1. The largest absolute Gasteiger partial charge is 0.496 e. The van der Waals surface area contributed by atoms with Gasteiger partial charge < -0.3 is 25.4 Å². The molecule has 11 heteroatoms. The van der Waals surface area contributed by atoms with Crippen molar-refractivity contribution >= 4 is 29.1 Å². The molecule has 2 fully saturated rings. The third-order valence-electron chi connectivity index (χ3n) is 9.55. The van der Waals surface area contributed by atoms with Gasteiger partial charge in [-0.2, -0.15) is 0 Å². The standard InChI is InChI=1S/C38H43ClN6O4/c1-24-31(5-4-6-33(24)43-38(48)34-10-7-26(20-42-34)22-44-16-14-30(47)23-44)32-11-15-40-37(36(32)39)27-8-9-28(35(19-27)49-3)21-41-29-12-17-45(18-13-29)25(2)46/h4-11,15,19-20,29-30,41,47H,12-14,16-18,21-23H2,1-3H3,(H,43,48)/t30-/m1/s1. The SMILES string of the molecule is COc1cc(-c2nccc(-c3cccc(NC(=O)c4ccc(CN5CC[C@@H](O)C5)cn4)c3C)c2Cl)ccc1CNC1CCN(C(C)=O)CC1. The normalized spacial score (nSPS) is 16.9. The van der Waals surface area contributed by atoms with Crippen LogP contribution in [-0.2, 0) is 17.9 Å². The van der Waals surface area contributed by atoms with Crippen LogP contribution in [0.2, 0.25) is 5.02 Å². The maximum Gasteiger partial charge on any atom is 0.274 e. The maximum atomic E-state index is 13.2. The Labute approximate surface area is 292 Å². The van der Waals surface area contributed by atoms with Crippen LogP contribution in [0.4, 0.5) is 5.69 Å². The summed E-state index contributed by atoms with van der Waals surface area (Å²) in [7, 11) is 1.66. The number of nitrogens with zero attached hydrogens (tertiary/aromatic N) is 4. The van der Waals surface area contributed by atoms with Gasteiger partial charge in [0.1, 0.15) is 11.4 Å². The van der Waals surface area contributed by atoms with Crippen molar-refractivity contribution in [2.75, 3.05) is 38.6 Å². The zero-order chi connectivity index (χ0) is 34.5. The number of anilines is 1. The summed E-state index contributed by atoms with van der Waals surface area (Å²) in [6.07, 6.45) is 5.82. The maximum absolute atomic E-state index is 13.2. The Kier molecular flexibility index (Phi) is 10.9. The van der Waals surface area contributed by atoms with Crippen molar-refractivity contribution in [3.8, 4) is 28.1 Å². The fourth-order valence-corrected chi connectivity index (χ4v) is 6.98. The molecule has 2 aliphatic heterocycles. The van der Waals surface area contributed by atoms with Gasteiger partial charge in [0.25, 0.3) is 5.91 Å². The van der Waals surface area contributed by atoms with Crippen LogP contribution in [0.1, 0.15) is 53.4 Å². The number of β-amino-alcohol motifs (C(OH)–C–C–N with tert-alkyl or cyclic N) is 1. The number of amides is 2. The van der Waals surface area contributed by atoms with E-state index in [0.717, 1.165) is 78.0 Å². The number of likely N-dealkylation sites (tertiary alicyclic amines) is 2. The molecule has 6 rings (SSSR count). The molecule has 10 nitrogen and oxygen atoms in total. The lowest BCUT2D eigenvalue weighted by Crippen LogP contribution is -2.43. The number of hydrogen-bond donors (Lipinski definition) is 3. The second-order valence-corrected chi connectivity index (χ2v) is 13.2. The van der Waals surface area contributed by atoms with E-state index in [9.17, 15) is 14.7 Å². The van der Waals surface area contributed by atoms with Crippen molar-refractivity contribution in [2.45, 2.75) is 58.3 Å². The van der Waals surface area contributed by atoms with E-state index in [-0.39, 0.29) is 17.9 Å². The minimum absolute atomic E-state index is 0.132. The Morgan fingerprint density at radius 1 is 1.02 bits per heavy atom. The molecule has 2 amide bonds. The summed E-state index contributed by atoms with van der Waals surface area (Å²) in [4.78, 5) is 38.0. The molecule has 4 heterocycles. The number of carbonyl (C=O) groups is 2. The number of aliphatic hydroxyl groups excluding tert-OH is 1. The van der Waals surface area contributed by atoms with Gasteiger partial charge in [0.15, 0.2) is 0 Å². The Morgan fingerprint density at radius 2 is 1.84 bits per heavy atom. The highest BCUT2D eigenvalue weighted by Crippen LogP contribution is 2.39. The number of hydrogen-bond acceptors (Lipinski definition) is 8. The van der Waals surface area contributed by atoms with Gasteiger partial charge in [-0.1, -0.05) is 41.9 Å². The summed E-state index contributed by atoms with van der Waals surface area (Å²) < 4.78 is 5.78. The van der Waals surface area contributed by atoms with Gasteiger partial charge >= 0.3 is 0 Å². The van der Waals surface area contributed by atoms with Gasteiger partial charge in [0.2, 0.25) is 5.91 Å². The first kappa shape index (κ1) is 34.5. The molecule has 2 aromatic carbocycles. The second-order valence-electron chi connectivity index (χ2n) is 12.9. The fourth-order valence-electron chi connectivity index (χ4n) is 6.66. The lowest BCUT2D eigenvalue weighted by atomic mass is 9.97. The van der Waals surface area contributed by atoms with Gasteiger partial charge in [-0.05, 0) is 67.1 Å². The highest BCUT2D eigenvalue weighted by atomic mass is 35.5. The van der Waals surface area contributed by atoms with Gasteiger partial charge in [-0.15, -0.1) is 0 Å². The quantitative estimate of drug-likeness (QED) is 0.195. The topological polar surface area (TPSA) is 120 Å². The van der Waals surface area contributed by atoms with Crippen LogP contribution in [-0.4, -0.2) is 82.1 Å². The molecule has 49 heavy (non-hydrogen) atoms. The summed E-state index contributed by atoms with van der Waals surface area (Å²) in [6, 6.07) is 17.6. The molecule has 0 aliphatic carbocycles. The van der Waals surface area contributed by atoms with E-state index >= 15 is 0 Å². The van der Waals surface area contributed by atoms with Crippen molar-refractivity contribution in [1.82, 2.24) is 25.1 Å². The molecule has 2 saturated heterocycles. The van der Waals surface area contributed by atoms with Crippen molar-refractivity contribution < 1.29 is 19.4 Å². The molecule has 4 aromatic rings. The number of aromatic nitrogens is 2. The van der Waals surface area contributed by atoms with Crippen LogP contribution >= 0.6 is 11.6 Å². The summed E-state index contributed by atoms with van der Waals surface area (Å²) >= 11 is 7.06. The predicted octanol–water partition coefficient (Wildman–Crippen LogP) is 5.70. The monoisotopic (exact) mass is 682 g/mol. The zero-order valence-corrected chi connectivity index (χ0v) is 29.0. The van der Waals surface area contributed by atoms with Crippen LogP contribution in [0.5, 0.6) is 5.75 Å². The number of halogens is 1. The average Bonchev–Trinajstić information content (AvgIpc) is 3.52. The molecule has 0 unspecified atom stereocenters. The number of carbonyl (C=O) groups excluding carboxylic acids is 2. The Morgan fingerprint density at radius 3 is 2.53 bits per heavy atom. The van der Waals surface area contributed by atoms with Crippen LogP contribution in [0.3, 0.4) is 0 Å². The third kappa shape index (κ3) is 8.11. The first-order chi connectivity index (χ1) is 23.7. The molecule has 0 radical (unpaired) electrons. The molecular formula is C38H43ClN6O4. The second kappa shape index (κ2) is 15.5. The molecule has 3 N–H and O–H groups in total. The first-order valence-electron chi connectivity index (χ1n) is 16.8. The number of benzene rings is 2. The van der Waals surface area contributed by atoms with Gasteiger partial charge in [0, 0.05) is 87.0 Å². The van der Waals surface area contributed by atoms with E-state index in [2.05, 4.69) is 25.5 Å². The van der Waals surface area contributed by atoms with Crippen molar-refractivity contribution in [3.05, 3.63) is 94.4 Å².